The van der Waals surface area contributed by atoms with E-state index in [-0.39, 0.29) is 30.1 Å². The summed E-state index contributed by atoms with van der Waals surface area (Å²) in [6.45, 7) is 5.62. The van der Waals surface area contributed by atoms with Gasteiger partial charge in [0.2, 0.25) is 15.9 Å². The Morgan fingerprint density at radius 1 is 1.32 bits per heavy atom. The fraction of sp³-hybridized carbons (Fsp3) is 0.929. The highest BCUT2D eigenvalue weighted by Crippen LogP contribution is 2.24. The second kappa shape index (κ2) is 7.95. The van der Waals surface area contributed by atoms with Crippen molar-refractivity contribution < 1.29 is 13.2 Å². The third kappa shape index (κ3) is 4.13. The van der Waals surface area contributed by atoms with Crippen molar-refractivity contribution in [1.82, 2.24) is 14.9 Å². The summed E-state index contributed by atoms with van der Waals surface area (Å²) in [5, 5.41) is 6.45. The van der Waals surface area contributed by atoms with Crippen LogP contribution in [0.2, 0.25) is 0 Å². The van der Waals surface area contributed by atoms with E-state index in [0.717, 1.165) is 25.8 Å². The number of nitrogens with zero attached hydrogens (tertiary/aromatic N) is 1. The first-order chi connectivity index (χ1) is 9.93. The number of piperidine rings is 1. The zero-order valence-electron chi connectivity index (χ0n) is 13.4. The Bertz CT molecular complexity index is 470. The van der Waals surface area contributed by atoms with Crippen molar-refractivity contribution in [3.63, 3.8) is 0 Å². The smallest absolute Gasteiger partial charge is 0.240 e. The number of hydrogen-bond donors (Lipinski definition) is 2. The van der Waals surface area contributed by atoms with Crippen molar-refractivity contribution in [2.45, 2.75) is 57.5 Å². The lowest BCUT2D eigenvalue weighted by molar-refractivity contribution is -0.128. The number of rotatable bonds is 5. The van der Waals surface area contributed by atoms with Gasteiger partial charge in [-0.05, 0) is 45.6 Å². The molecule has 0 spiro atoms. The molecule has 2 rings (SSSR count). The summed E-state index contributed by atoms with van der Waals surface area (Å²) < 4.78 is 25.2. The SMILES string of the molecule is CCC1(C(=O)NC2CCN(S(=O)(=O)CC)CC2)CCCN1.Cl. The molecule has 1 atom stereocenters. The quantitative estimate of drug-likeness (QED) is 0.768. The van der Waals surface area contributed by atoms with E-state index in [1.807, 2.05) is 6.92 Å². The summed E-state index contributed by atoms with van der Waals surface area (Å²) in [6.07, 6.45) is 4.12. The standard InChI is InChI=1S/C14H27N3O3S.ClH/c1-3-14(8-5-9-15-14)13(18)16-12-6-10-17(11-7-12)21(19,20)4-2;/h12,15H,3-11H2,1-2H3,(H,16,18);1H. The molecule has 8 heteroatoms. The highest BCUT2D eigenvalue weighted by Gasteiger charge is 2.40. The van der Waals surface area contributed by atoms with Crippen LogP contribution in [0, 0.1) is 0 Å². The lowest BCUT2D eigenvalue weighted by atomic mass is 9.92. The number of carbonyl (C=O) groups is 1. The maximum Gasteiger partial charge on any atom is 0.240 e. The van der Waals surface area contributed by atoms with E-state index >= 15 is 0 Å². The molecule has 0 aromatic heterocycles. The van der Waals surface area contributed by atoms with Crippen LogP contribution < -0.4 is 10.6 Å². The van der Waals surface area contributed by atoms with Gasteiger partial charge >= 0.3 is 0 Å². The second-order valence-corrected chi connectivity index (χ2v) is 8.27. The molecule has 0 aromatic rings. The summed E-state index contributed by atoms with van der Waals surface area (Å²) >= 11 is 0. The van der Waals surface area contributed by atoms with E-state index in [1.54, 1.807) is 11.2 Å². The van der Waals surface area contributed by atoms with Gasteiger partial charge in [0, 0.05) is 19.1 Å². The number of nitrogens with one attached hydrogen (secondary N) is 2. The third-order valence-electron chi connectivity index (χ3n) is 4.83. The van der Waals surface area contributed by atoms with Crippen molar-refractivity contribution in [1.29, 1.82) is 0 Å². The normalized spacial score (nSPS) is 27.4. The maximum atomic E-state index is 12.5. The van der Waals surface area contributed by atoms with E-state index in [1.165, 1.54) is 0 Å². The Kier molecular flexibility index (Phi) is 7.11. The van der Waals surface area contributed by atoms with Crippen molar-refractivity contribution in [3.05, 3.63) is 0 Å². The molecule has 1 amide bonds. The fourth-order valence-electron chi connectivity index (χ4n) is 3.25. The number of carbonyl (C=O) groups excluding carboxylic acids is 1. The first-order valence-electron chi connectivity index (χ1n) is 7.97. The molecule has 130 valence electrons. The van der Waals surface area contributed by atoms with Crippen molar-refractivity contribution in [3.8, 4) is 0 Å². The lowest BCUT2D eigenvalue weighted by Crippen LogP contribution is -2.57. The Labute approximate surface area is 139 Å². The van der Waals surface area contributed by atoms with E-state index in [9.17, 15) is 13.2 Å². The van der Waals surface area contributed by atoms with Crippen molar-refractivity contribution in [2.75, 3.05) is 25.4 Å². The van der Waals surface area contributed by atoms with Gasteiger partial charge in [-0.1, -0.05) is 6.92 Å². The number of amides is 1. The van der Waals surface area contributed by atoms with Crippen molar-refractivity contribution >= 4 is 28.3 Å². The van der Waals surface area contributed by atoms with Gasteiger partial charge in [0.05, 0.1) is 11.3 Å². The Hall–Kier alpha value is -0.370. The van der Waals surface area contributed by atoms with E-state index < -0.39 is 15.6 Å². The van der Waals surface area contributed by atoms with Crippen LogP contribution in [0.4, 0.5) is 0 Å². The Morgan fingerprint density at radius 3 is 2.41 bits per heavy atom. The van der Waals surface area contributed by atoms with Crippen molar-refractivity contribution in [2.24, 2.45) is 0 Å². The van der Waals surface area contributed by atoms with Crippen LogP contribution in [0.5, 0.6) is 0 Å². The first-order valence-corrected chi connectivity index (χ1v) is 9.58. The van der Waals surface area contributed by atoms with Gasteiger partial charge in [0.15, 0.2) is 0 Å². The van der Waals surface area contributed by atoms with Gasteiger partial charge in [-0.15, -0.1) is 12.4 Å². The largest absolute Gasteiger partial charge is 0.352 e. The average Bonchev–Trinajstić information content (AvgIpc) is 2.98. The molecule has 0 aromatic carbocycles. The van der Waals surface area contributed by atoms with Gasteiger partial charge in [0.1, 0.15) is 0 Å². The van der Waals surface area contributed by atoms with Crippen LogP contribution >= 0.6 is 12.4 Å². The number of hydrogen-bond acceptors (Lipinski definition) is 4. The van der Waals surface area contributed by atoms with Crippen LogP contribution in [0.25, 0.3) is 0 Å². The van der Waals surface area contributed by atoms with Crippen LogP contribution in [0.15, 0.2) is 0 Å². The molecule has 0 aliphatic carbocycles. The molecule has 2 saturated heterocycles. The summed E-state index contributed by atoms with van der Waals surface area (Å²) in [5.74, 6) is 0.228. The van der Waals surface area contributed by atoms with Gasteiger partial charge in [-0.25, -0.2) is 12.7 Å². The van der Waals surface area contributed by atoms with E-state index in [4.69, 9.17) is 0 Å². The molecule has 0 radical (unpaired) electrons. The summed E-state index contributed by atoms with van der Waals surface area (Å²) in [4.78, 5) is 12.5. The topological polar surface area (TPSA) is 78.5 Å². The maximum absolute atomic E-state index is 12.5. The van der Waals surface area contributed by atoms with E-state index in [0.29, 0.717) is 25.9 Å². The highest BCUT2D eigenvalue weighted by molar-refractivity contribution is 7.89. The molecule has 2 aliphatic rings. The zero-order chi connectivity index (χ0) is 15.5. The first kappa shape index (κ1) is 19.7. The van der Waals surface area contributed by atoms with Gasteiger partial charge in [-0.2, -0.15) is 0 Å². The summed E-state index contributed by atoms with van der Waals surface area (Å²) in [6, 6.07) is 0.0895. The van der Waals surface area contributed by atoms with Crippen LogP contribution in [0.3, 0.4) is 0 Å². The molecule has 2 N–H and O–H groups in total. The minimum atomic E-state index is -3.10. The number of halogens is 1. The molecule has 22 heavy (non-hydrogen) atoms. The zero-order valence-corrected chi connectivity index (χ0v) is 15.1. The van der Waals surface area contributed by atoms with Crippen LogP contribution in [-0.2, 0) is 14.8 Å². The predicted molar refractivity (Wildman–Crippen MR) is 89.7 cm³/mol. The molecule has 6 nitrogen and oxygen atoms in total. The van der Waals surface area contributed by atoms with Gasteiger partial charge < -0.3 is 10.6 Å². The highest BCUT2D eigenvalue weighted by atomic mass is 35.5. The average molecular weight is 354 g/mol. The Balaban J connectivity index is 0.00000242. The Morgan fingerprint density at radius 2 is 1.95 bits per heavy atom. The molecular weight excluding hydrogens is 326 g/mol. The summed E-state index contributed by atoms with van der Waals surface area (Å²) in [7, 11) is -3.10. The molecule has 1 unspecified atom stereocenters. The molecule has 0 saturated carbocycles. The van der Waals surface area contributed by atoms with Gasteiger partial charge in [-0.3, -0.25) is 4.79 Å². The van der Waals surface area contributed by atoms with Gasteiger partial charge in [0.25, 0.3) is 0 Å². The molecule has 2 aliphatic heterocycles. The molecular formula is C14H28ClN3O3S. The van der Waals surface area contributed by atoms with E-state index in [2.05, 4.69) is 10.6 Å². The number of sulfonamides is 1. The third-order valence-corrected chi connectivity index (χ3v) is 6.71. The molecule has 2 fully saturated rings. The summed E-state index contributed by atoms with van der Waals surface area (Å²) in [5.41, 5.74) is -0.410. The molecule has 0 bridgehead atoms. The fourth-order valence-corrected chi connectivity index (χ4v) is 4.38. The monoisotopic (exact) mass is 353 g/mol. The lowest BCUT2D eigenvalue weighted by Gasteiger charge is -2.34. The predicted octanol–water partition coefficient (Wildman–Crippen LogP) is 0.871. The van der Waals surface area contributed by atoms with Crippen LogP contribution in [0.1, 0.15) is 46.0 Å². The molecule has 2 heterocycles. The minimum Gasteiger partial charge on any atom is -0.352 e. The minimum absolute atomic E-state index is 0. The van der Waals surface area contributed by atoms with Crippen LogP contribution in [-0.4, -0.2) is 55.6 Å². The second-order valence-electron chi connectivity index (χ2n) is 6.01.